The Morgan fingerprint density at radius 1 is 1.50 bits per heavy atom. The van der Waals surface area contributed by atoms with Crippen molar-refractivity contribution < 1.29 is 0 Å². The normalized spacial score (nSPS) is 12.0. The van der Waals surface area contributed by atoms with E-state index in [1.807, 2.05) is 6.20 Å². The van der Waals surface area contributed by atoms with Crippen molar-refractivity contribution in [3.8, 4) is 0 Å². The van der Waals surface area contributed by atoms with E-state index < -0.39 is 0 Å². The molecule has 1 rings (SSSR count). The van der Waals surface area contributed by atoms with Crippen LogP contribution < -0.4 is 0 Å². The van der Waals surface area contributed by atoms with Gasteiger partial charge in [-0.3, -0.25) is 5.10 Å². The van der Waals surface area contributed by atoms with Crippen LogP contribution in [0.1, 0.15) is 26.5 Å². The Balaban J connectivity index is 3.05. The third-order valence-corrected chi connectivity index (χ3v) is 2.16. The number of hydrogen-bond acceptors (Lipinski definition) is 1. The topological polar surface area (TPSA) is 28.7 Å². The highest BCUT2D eigenvalue weighted by Crippen LogP contribution is 2.23. The number of H-pyrrole nitrogens is 1. The predicted molar refractivity (Wildman–Crippen MR) is 50.0 cm³/mol. The molecule has 0 saturated heterocycles. The van der Waals surface area contributed by atoms with Gasteiger partial charge >= 0.3 is 0 Å². The van der Waals surface area contributed by atoms with E-state index in [1.54, 1.807) is 0 Å². The van der Waals surface area contributed by atoms with Gasteiger partial charge in [-0.15, -0.1) is 0 Å². The summed E-state index contributed by atoms with van der Waals surface area (Å²) in [7, 11) is 0. The molecule has 1 N–H and O–H groups in total. The van der Waals surface area contributed by atoms with Crippen LogP contribution in [0.2, 0.25) is 0 Å². The van der Waals surface area contributed by atoms with E-state index in [0.29, 0.717) is 0 Å². The first kappa shape index (κ1) is 8.04. The zero-order valence-corrected chi connectivity index (χ0v) is 8.56. The average molecular weight is 250 g/mol. The van der Waals surface area contributed by atoms with Crippen LogP contribution in [0.3, 0.4) is 0 Å². The first-order valence-electron chi connectivity index (χ1n) is 3.21. The van der Waals surface area contributed by atoms with Gasteiger partial charge in [0.05, 0.1) is 15.5 Å². The van der Waals surface area contributed by atoms with E-state index in [1.165, 1.54) is 9.26 Å². The molecular weight excluding hydrogens is 239 g/mol. The number of aromatic amines is 1. The van der Waals surface area contributed by atoms with Crippen LogP contribution in [0, 0.1) is 3.57 Å². The van der Waals surface area contributed by atoms with Crippen LogP contribution in [0.4, 0.5) is 0 Å². The number of nitrogens with zero attached hydrogens (tertiary/aromatic N) is 1. The van der Waals surface area contributed by atoms with E-state index in [0.717, 1.165) is 0 Å². The van der Waals surface area contributed by atoms with Crippen LogP contribution in [0.15, 0.2) is 6.20 Å². The monoisotopic (exact) mass is 250 g/mol. The number of aromatic nitrogens is 2. The van der Waals surface area contributed by atoms with Gasteiger partial charge in [-0.1, -0.05) is 20.8 Å². The summed E-state index contributed by atoms with van der Waals surface area (Å²) in [5, 5.41) is 6.94. The van der Waals surface area contributed by atoms with Gasteiger partial charge in [-0.25, -0.2) is 0 Å². The molecule has 2 nitrogen and oxygen atoms in total. The van der Waals surface area contributed by atoms with Crippen molar-refractivity contribution in [2.75, 3.05) is 0 Å². The lowest BCUT2D eigenvalue weighted by atomic mass is 9.93. The van der Waals surface area contributed by atoms with E-state index in [9.17, 15) is 0 Å². The lowest BCUT2D eigenvalue weighted by Gasteiger charge is -2.15. The van der Waals surface area contributed by atoms with Crippen molar-refractivity contribution in [2.24, 2.45) is 0 Å². The van der Waals surface area contributed by atoms with Gasteiger partial charge in [0.1, 0.15) is 0 Å². The van der Waals surface area contributed by atoms with Gasteiger partial charge in [0.15, 0.2) is 0 Å². The maximum atomic E-state index is 3.96. The van der Waals surface area contributed by atoms with Crippen molar-refractivity contribution >= 4 is 22.6 Å². The minimum Gasteiger partial charge on any atom is -0.281 e. The molecule has 0 spiro atoms. The molecule has 0 saturated carbocycles. The Labute approximate surface area is 74.6 Å². The largest absolute Gasteiger partial charge is 0.281 e. The summed E-state index contributed by atoms with van der Waals surface area (Å²) in [6.07, 6.45) is 1.85. The average Bonchev–Trinajstić information content (AvgIpc) is 2.11. The standard InChI is InChI=1S/C7H11IN2/c1-7(2,3)6-5(8)4-9-10-6/h4H,1-3H3,(H,9,10). The first-order chi connectivity index (χ1) is 4.52. The van der Waals surface area contributed by atoms with Crippen molar-refractivity contribution in [3.63, 3.8) is 0 Å². The summed E-state index contributed by atoms with van der Waals surface area (Å²) in [5.74, 6) is 0. The first-order valence-corrected chi connectivity index (χ1v) is 4.29. The zero-order valence-electron chi connectivity index (χ0n) is 6.40. The van der Waals surface area contributed by atoms with Crippen molar-refractivity contribution in [2.45, 2.75) is 26.2 Å². The molecule has 1 heterocycles. The molecule has 0 amide bonds. The van der Waals surface area contributed by atoms with E-state index >= 15 is 0 Å². The van der Waals surface area contributed by atoms with Crippen LogP contribution in [0.5, 0.6) is 0 Å². The molecule has 0 unspecified atom stereocenters. The summed E-state index contributed by atoms with van der Waals surface area (Å²) in [6.45, 7) is 6.51. The smallest absolute Gasteiger partial charge is 0.0624 e. The minimum atomic E-state index is 0.188. The molecule has 1 aromatic rings. The lowest BCUT2D eigenvalue weighted by Crippen LogP contribution is -2.13. The van der Waals surface area contributed by atoms with Crippen LogP contribution in [-0.4, -0.2) is 10.2 Å². The van der Waals surface area contributed by atoms with Gasteiger partial charge in [0, 0.05) is 5.41 Å². The van der Waals surface area contributed by atoms with Gasteiger partial charge in [-0.2, -0.15) is 5.10 Å². The van der Waals surface area contributed by atoms with Crippen molar-refractivity contribution in [1.82, 2.24) is 10.2 Å². The maximum Gasteiger partial charge on any atom is 0.0624 e. The molecule has 1 aromatic heterocycles. The maximum absolute atomic E-state index is 3.96. The summed E-state index contributed by atoms with van der Waals surface area (Å²) < 4.78 is 1.21. The molecule has 56 valence electrons. The molecule has 0 aliphatic carbocycles. The Bertz CT molecular complexity index is 222. The van der Waals surface area contributed by atoms with E-state index in [4.69, 9.17) is 0 Å². The van der Waals surface area contributed by atoms with Gasteiger partial charge < -0.3 is 0 Å². The molecule has 0 radical (unpaired) electrons. The van der Waals surface area contributed by atoms with Crippen molar-refractivity contribution in [3.05, 3.63) is 15.5 Å². The van der Waals surface area contributed by atoms with Crippen LogP contribution >= 0.6 is 22.6 Å². The summed E-state index contributed by atoms with van der Waals surface area (Å²) in [5.41, 5.74) is 1.40. The quantitative estimate of drug-likeness (QED) is 0.703. The van der Waals surface area contributed by atoms with Crippen LogP contribution in [0.25, 0.3) is 0 Å². The third-order valence-electron chi connectivity index (χ3n) is 1.34. The fourth-order valence-electron chi connectivity index (χ4n) is 0.797. The van der Waals surface area contributed by atoms with E-state index in [-0.39, 0.29) is 5.41 Å². The Hall–Kier alpha value is -0.0600. The highest BCUT2D eigenvalue weighted by atomic mass is 127. The zero-order chi connectivity index (χ0) is 7.78. The van der Waals surface area contributed by atoms with E-state index in [2.05, 4.69) is 53.6 Å². The molecule has 0 bridgehead atoms. The fourth-order valence-corrected chi connectivity index (χ4v) is 1.87. The second-order valence-electron chi connectivity index (χ2n) is 3.34. The SMILES string of the molecule is CC(C)(C)c1[nH]ncc1I. The number of rotatable bonds is 0. The van der Waals surface area contributed by atoms with Gasteiger partial charge in [0.2, 0.25) is 0 Å². The van der Waals surface area contributed by atoms with Crippen LogP contribution in [-0.2, 0) is 5.41 Å². The number of nitrogens with one attached hydrogen (secondary N) is 1. The Morgan fingerprint density at radius 2 is 2.10 bits per heavy atom. The molecule has 0 aliphatic heterocycles. The minimum absolute atomic E-state index is 0.188. The summed E-state index contributed by atoms with van der Waals surface area (Å²) in [4.78, 5) is 0. The summed E-state index contributed by atoms with van der Waals surface area (Å²) >= 11 is 2.29. The second-order valence-corrected chi connectivity index (χ2v) is 4.51. The van der Waals surface area contributed by atoms with Gasteiger partial charge in [0.25, 0.3) is 0 Å². The molecule has 10 heavy (non-hydrogen) atoms. The molecule has 0 aromatic carbocycles. The summed E-state index contributed by atoms with van der Waals surface area (Å²) in [6, 6.07) is 0. The Morgan fingerprint density at radius 3 is 2.30 bits per heavy atom. The fraction of sp³-hybridized carbons (Fsp3) is 0.571. The second kappa shape index (κ2) is 2.53. The number of halogens is 1. The lowest BCUT2D eigenvalue weighted by molar-refractivity contribution is 0.563. The molecule has 0 fully saturated rings. The highest BCUT2D eigenvalue weighted by Gasteiger charge is 2.18. The van der Waals surface area contributed by atoms with Crippen molar-refractivity contribution in [1.29, 1.82) is 0 Å². The molecule has 3 heteroatoms. The predicted octanol–water partition coefficient (Wildman–Crippen LogP) is 2.31. The third kappa shape index (κ3) is 1.51. The van der Waals surface area contributed by atoms with Gasteiger partial charge in [-0.05, 0) is 22.6 Å². The Kier molecular flexibility index (Phi) is 2.03. The molecule has 0 atom stereocenters. The molecule has 0 aliphatic rings. The molecular formula is C7H11IN2. The highest BCUT2D eigenvalue weighted by molar-refractivity contribution is 14.1. The number of hydrogen-bond donors (Lipinski definition) is 1.